The van der Waals surface area contributed by atoms with Gasteiger partial charge < -0.3 is 9.47 Å². The Bertz CT molecular complexity index is 403. The molecular weight excluding hydrogens is 206 g/mol. The molecule has 0 amide bonds. The van der Waals surface area contributed by atoms with E-state index in [9.17, 15) is 4.79 Å². The fourth-order valence-corrected chi connectivity index (χ4v) is 1.72. The summed E-state index contributed by atoms with van der Waals surface area (Å²) in [6.45, 7) is 4.92. The molecule has 16 heavy (non-hydrogen) atoms. The van der Waals surface area contributed by atoms with Gasteiger partial charge in [-0.05, 0) is 25.3 Å². The van der Waals surface area contributed by atoms with Crippen LogP contribution in [-0.4, -0.2) is 24.2 Å². The second-order valence-electron chi connectivity index (χ2n) is 4.00. The van der Waals surface area contributed by atoms with Gasteiger partial charge in [0.15, 0.2) is 5.69 Å². The highest BCUT2D eigenvalue weighted by molar-refractivity contribution is 5.87. The molecule has 0 spiro atoms. The van der Waals surface area contributed by atoms with Crippen molar-refractivity contribution in [3.63, 3.8) is 0 Å². The fourth-order valence-electron chi connectivity index (χ4n) is 1.72. The maximum absolute atomic E-state index is 11.5. The molecule has 0 saturated carbocycles. The normalized spacial score (nSPS) is 18.5. The lowest BCUT2D eigenvalue weighted by atomic mass is 10.0. The second kappa shape index (κ2) is 4.51. The first kappa shape index (κ1) is 10.9. The lowest BCUT2D eigenvalue weighted by Crippen LogP contribution is -2.20. The quantitative estimate of drug-likeness (QED) is 0.715. The number of carbonyl (C=O) groups excluding carboxylic acids is 1. The number of pyridine rings is 1. The molecule has 1 aromatic rings. The average Bonchev–Trinajstić information content (AvgIpc) is 2.28. The maximum atomic E-state index is 11.5. The van der Waals surface area contributed by atoms with Crippen LogP contribution in [0.2, 0.25) is 0 Å². The van der Waals surface area contributed by atoms with Gasteiger partial charge in [-0.15, -0.1) is 0 Å². The third kappa shape index (κ3) is 2.15. The van der Waals surface area contributed by atoms with Crippen LogP contribution in [-0.2, 0) is 11.2 Å². The van der Waals surface area contributed by atoms with E-state index in [1.54, 1.807) is 13.0 Å². The van der Waals surface area contributed by atoms with Crippen LogP contribution in [0, 0.1) is 5.92 Å². The van der Waals surface area contributed by atoms with E-state index in [4.69, 9.17) is 9.47 Å². The van der Waals surface area contributed by atoms with Crippen LogP contribution < -0.4 is 4.74 Å². The molecule has 4 nitrogen and oxygen atoms in total. The van der Waals surface area contributed by atoms with Gasteiger partial charge in [0, 0.05) is 5.56 Å². The number of ether oxygens (including phenoxy) is 2. The summed E-state index contributed by atoms with van der Waals surface area (Å²) in [4.78, 5) is 15.6. The monoisotopic (exact) mass is 221 g/mol. The van der Waals surface area contributed by atoms with Gasteiger partial charge in [-0.3, -0.25) is 0 Å². The van der Waals surface area contributed by atoms with E-state index in [0.29, 0.717) is 30.7 Å². The molecule has 1 aliphatic heterocycles. The van der Waals surface area contributed by atoms with E-state index in [2.05, 4.69) is 11.9 Å². The number of nitrogens with zero attached hydrogens (tertiary/aromatic N) is 1. The molecule has 1 aromatic heterocycles. The predicted molar refractivity (Wildman–Crippen MR) is 58.6 cm³/mol. The molecule has 0 bridgehead atoms. The summed E-state index contributed by atoms with van der Waals surface area (Å²) in [5.74, 6) is 0.680. The van der Waals surface area contributed by atoms with Crippen LogP contribution >= 0.6 is 0 Å². The highest BCUT2D eigenvalue weighted by atomic mass is 16.5. The van der Waals surface area contributed by atoms with Crippen LogP contribution in [0.5, 0.6) is 5.88 Å². The maximum Gasteiger partial charge on any atom is 0.357 e. The van der Waals surface area contributed by atoms with E-state index in [-0.39, 0.29) is 0 Å². The molecule has 0 aromatic carbocycles. The highest BCUT2D eigenvalue weighted by Crippen LogP contribution is 2.25. The molecule has 1 atom stereocenters. The molecule has 0 fully saturated rings. The van der Waals surface area contributed by atoms with Crippen molar-refractivity contribution in [3.05, 3.63) is 23.4 Å². The van der Waals surface area contributed by atoms with E-state index in [0.717, 1.165) is 12.0 Å². The lowest BCUT2D eigenvalue weighted by molar-refractivity contribution is 0.0517. The zero-order chi connectivity index (χ0) is 11.5. The Morgan fingerprint density at radius 3 is 3.19 bits per heavy atom. The minimum absolute atomic E-state index is 0.315. The summed E-state index contributed by atoms with van der Waals surface area (Å²) >= 11 is 0. The van der Waals surface area contributed by atoms with Crippen molar-refractivity contribution in [3.8, 4) is 5.88 Å². The number of aromatic nitrogens is 1. The zero-order valence-corrected chi connectivity index (χ0v) is 9.53. The summed E-state index contributed by atoms with van der Waals surface area (Å²) in [6.07, 6.45) is 0.950. The fraction of sp³-hybridized carbons (Fsp3) is 0.500. The molecule has 2 heterocycles. The van der Waals surface area contributed by atoms with Crippen molar-refractivity contribution in [2.45, 2.75) is 20.3 Å². The van der Waals surface area contributed by atoms with Crippen LogP contribution in [0.15, 0.2) is 12.1 Å². The second-order valence-corrected chi connectivity index (χ2v) is 4.00. The molecule has 0 saturated heterocycles. The Balaban J connectivity index is 2.22. The van der Waals surface area contributed by atoms with Gasteiger partial charge in [0.25, 0.3) is 0 Å². The van der Waals surface area contributed by atoms with Crippen molar-refractivity contribution >= 4 is 5.97 Å². The first-order valence-electron chi connectivity index (χ1n) is 5.50. The summed E-state index contributed by atoms with van der Waals surface area (Å²) in [6, 6.07) is 3.59. The van der Waals surface area contributed by atoms with Gasteiger partial charge in [0.05, 0.1) is 13.2 Å². The van der Waals surface area contributed by atoms with Crippen LogP contribution in [0.25, 0.3) is 0 Å². The number of hydrogen-bond donors (Lipinski definition) is 0. The number of hydrogen-bond acceptors (Lipinski definition) is 4. The van der Waals surface area contributed by atoms with Gasteiger partial charge in [0.2, 0.25) is 5.88 Å². The van der Waals surface area contributed by atoms with E-state index in [1.807, 2.05) is 6.07 Å². The predicted octanol–water partition coefficient (Wildman–Crippen LogP) is 1.83. The summed E-state index contributed by atoms with van der Waals surface area (Å²) < 4.78 is 10.4. The average molecular weight is 221 g/mol. The molecule has 1 aliphatic rings. The standard InChI is InChI=1S/C12H15NO3/c1-3-15-12(14)10-5-4-9-6-8(2)7-16-11(9)13-10/h4-5,8H,3,6-7H2,1-2H3. The van der Waals surface area contributed by atoms with Gasteiger partial charge in [-0.2, -0.15) is 0 Å². The van der Waals surface area contributed by atoms with Crippen molar-refractivity contribution in [1.82, 2.24) is 4.98 Å². The molecule has 0 radical (unpaired) electrons. The van der Waals surface area contributed by atoms with Crippen molar-refractivity contribution < 1.29 is 14.3 Å². The van der Waals surface area contributed by atoms with E-state index in [1.165, 1.54) is 0 Å². The zero-order valence-electron chi connectivity index (χ0n) is 9.53. The summed E-state index contributed by atoms with van der Waals surface area (Å²) in [7, 11) is 0. The van der Waals surface area contributed by atoms with Gasteiger partial charge in [-0.1, -0.05) is 13.0 Å². The number of fused-ring (bicyclic) bond motifs is 1. The number of esters is 1. The lowest BCUT2D eigenvalue weighted by Gasteiger charge is -2.21. The third-order valence-corrected chi connectivity index (χ3v) is 2.50. The molecular formula is C12H15NO3. The number of carbonyl (C=O) groups is 1. The van der Waals surface area contributed by atoms with Crippen LogP contribution in [0.3, 0.4) is 0 Å². The topological polar surface area (TPSA) is 48.4 Å². The molecule has 0 aliphatic carbocycles. The molecule has 0 N–H and O–H groups in total. The molecule has 86 valence electrons. The highest BCUT2D eigenvalue weighted by Gasteiger charge is 2.19. The minimum atomic E-state index is -0.396. The van der Waals surface area contributed by atoms with Crippen LogP contribution in [0.4, 0.5) is 0 Å². The van der Waals surface area contributed by atoms with Crippen molar-refractivity contribution in [1.29, 1.82) is 0 Å². The van der Waals surface area contributed by atoms with Crippen molar-refractivity contribution in [2.24, 2.45) is 5.92 Å². The Hall–Kier alpha value is -1.58. The van der Waals surface area contributed by atoms with Gasteiger partial charge in [-0.25, -0.2) is 9.78 Å². The SMILES string of the molecule is CCOC(=O)c1ccc2c(n1)OCC(C)C2. The Morgan fingerprint density at radius 2 is 2.44 bits per heavy atom. The van der Waals surface area contributed by atoms with Crippen LogP contribution in [0.1, 0.15) is 29.9 Å². The first-order valence-corrected chi connectivity index (χ1v) is 5.50. The Morgan fingerprint density at radius 1 is 1.62 bits per heavy atom. The van der Waals surface area contributed by atoms with Gasteiger partial charge >= 0.3 is 5.97 Å². The van der Waals surface area contributed by atoms with E-state index >= 15 is 0 Å². The molecule has 2 rings (SSSR count). The smallest absolute Gasteiger partial charge is 0.357 e. The Kier molecular flexibility index (Phi) is 3.08. The molecule has 4 heteroatoms. The first-order chi connectivity index (χ1) is 7.70. The summed E-state index contributed by atoms with van der Waals surface area (Å²) in [5, 5.41) is 0. The van der Waals surface area contributed by atoms with Gasteiger partial charge in [0.1, 0.15) is 0 Å². The summed E-state index contributed by atoms with van der Waals surface area (Å²) in [5.41, 5.74) is 1.38. The largest absolute Gasteiger partial charge is 0.477 e. The number of rotatable bonds is 2. The third-order valence-electron chi connectivity index (χ3n) is 2.50. The van der Waals surface area contributed by atoms with E-state index < -0.39 is 5.97 Å². The van der Waals surface area contributed by atoms with Crippen molar-refractivity contribution in [2.75, 3.05) is 13.2 Å². The molecule has 1 unspecified atom stereocenters. The minimum Gasteiger partial charge on any atom is -0.477 e. The Labute approximate surface area is 94.6 Å².